The number of hydrogen-bond donors (Lipinski definition) is 2. The maximum absolute atomic E-state index is 14.0. The van der Waals surface area contributed by atoms with E-state index in [0.717, 1.165) is 22.1 Å². The minimum Gasteiger partial charge on any atom is -0.395 e. The van der Waals surface area contributed by atoms with Gasteiger partial charge in [0.05, 0.1) is 36.4 Å². The Morgan fingerprint density at radius 3 is 2.37 bits per heavy atom. The van der Waals surface area contributed by atoms with Crippen LogP contribution < -0.4 is 16.6 Å². The van der Waals surface area contributed by atoms with E-state index in [1.54, 1.807) is 33.8 Å². The molecule has 0 bridgehead atoms. The third-order valence-electron chi connectivity index (χ3n) is 6.97. The largest absolute Gasteiger partial charge is 0.395 e. The van der Waals surface area contributed by atoms with Gasteiger partial charge in [0.2, 0.25) is 5.91 Å². The van der Waals surface area contributed by atoms with Gasteiger partial charge in [-0.3, -0.25) is 14.2 Å². The molecule has 11 nitrogen and oxygen atoms in total. The van der Waals surface area contributed by atoms with E-state index >= 15 is 0 Å². The first-order valence-electron chi connectivity index (χ1n) is 14.0. The van der Waals surface area contributed by atoms with E-state index in [1.807, 2.05) is 26.8 Å². The van der Waals surface area contributed by atoms with Crippen molar-refractivity contribution in [3.8, 4) is 11.1 Å². The zero-order chi connectivity index (χ0) is 32.1. The smallest absolute Gasteiger partial charge is 0.333 e. The molecule has 1 atom stereocenters. The van der Waals surface area contributed by atoms with Gasteiger partial charge in [0.1, 0.15) is 21.2 Å². The highest BCUT2D eigenvalue weighted by Gasteiger charge is 2.35. The zero-order valence-electron chi connectivity index (χ0n) is 25.5. The molecule has 4 rings (SSSR count). The van der Waals surface area contributed by atoms with Crippen LogP contribution in [0.4, 0.5) is 4.39 Å². The molecule has 0 saturated heterocycles. The van der Waals surface area contributed by atoms with Crippen molar-refractivity contribution in [1.29, 1.82) is 5.26 Å². The third-order valence-corrected chi connectivity index (χ3v) is 8.25. The van der Waals surface area contributed by atoms with Crippen molar-refractivity contribution < 1.29 is 14.3 Å². The van der Waals surface area contributed by atoms with Crippen LogP contribution in [0.25, 0.3) is 15.2 Å². The lowest BCUT2D eigenvalue weighted by Crippen LogP contribution is -2.56. The molecular formula is C30H38FN7O4S. The van der Waals surface area contributed by atoms with Crippen LogP contribution in [0.5, 0.6) is 0 Å². The number of nitriles is 1. The highest BCUT2D eigenvalue weighted by Crippen LogP contribution is 2.31. The van der Waals surface area contributed by atoms with Gasteiger partial charge in [0, 0.05) is 18.2 Å². The average Bonchev–Trinajstić information content (AvgIpc) is 3.60. The number of aliphatic hydroxyl groups is 1. The lowest BCUT2D eigenvalue weighted by molar-refractivity contribution is -0.129. The molecule has 1 aromatic carbocycles. The maximum Gasteiger partial charge on any atom is 0.333 e. The Hall–Kier alpha value is -4.15. The molecule has 3 aromatic heterocycles. The molecular weight excluding hydrogens is 573 g/mol. The number of halogens is 1. The fraction of sp³-hybridized carbons (Fsp3) is 0.467. The number of rotatable bonds is 9. The quantitative estimate of drug-likeness (QED) is 0.295. The van der Waals surface area contributed by atoms with Crippen molar-refractivity contribution in [3.05, 3.63) is 73.9 Å². The summed E-state index contributed by atoms with van der Waals surface area (Å²) >= 11 is 1.24. The second-order valence-corrected chi connectivity index (χ2v) is 12.0. The minimum absolute atomic E-state index is 0.0312. The fourth-order valence-electron chi connectivity index (χ4n) is 4.52. The fourth-order valence-corrected chi connectivity index (χ4v) is 5.76. The number of hydrogen-bond acceptors (Lipinski definition) is 8. The first kappa shape index (κ1) is 33.4. The highest BCUT2D eigenvalue weighted by atomic mass is 32.1. The Bertz CT molecular complexity index is 1750. The summed E-state index contributed by atoms with van der Waals surface area (Å²) in [5, 5.41) is 28.2. The van der Waals surface area contributed by atoms with E-state index < -0.39 is 22.7 Å². The van der Waals surface area contributed by atoms with Gasteiger partial charge in [-0.2, -0.15) is 15.5 Å². The predicted octanol–water partition coefficient (Wildman–Crippen LogP) is 3.46. The maximum atomic E-state index is 14.0. The van der Waals surface area contributed by atoms with Crippen LogP contribution in [-0.2, 0) is 29.7 Å². The van der Waals surface area contributed by atoms with Crippen LogP contribution in [0.15, 0.2) is 40.2 Å². The van der Waals surface area contributed by atoms with Crippen molar-refractivity contribution in [2.24, 2.45) is 5.92 Å². The summed E-state index contributed by atoms with van der Waals surface area (Å²) in [6.45, 7) is 12.3. The molecule has 4 aromatic rings. The number of amides is 1. The van der Waals surface area contributed by atoms with Crippen LogP contribution in [0.1, 0.15) is 58.2 Å². The summed E-state index contributed by atoms with van der Waals surface area (Å²) in [6, 6.07) is 6.35. The number of nitrogens with one attached hydrogen (secondary N) is 1. The predicted molar refractivity (Wildman–Crippen MR) is 164 cm³/mol. The van der Waals surface area contributed by atoms with Gasteiger partial charge < -0.3 is 10.4 Å². The molecule has 0 aliphatic rings. The number of aryl methyl sites for hydroxylation is 4. The summed E-state index contributed by atoms with van der Waals surface area (Å²) in [7, 11) is 0. The highest BCUT2D eigenvalue weighted by molar-refractivity contribution is 7.21. The summed E-state index contributed by atoms with van der Waals surface area (Å²) in [5.74, 6) is -0.988. The Labute approximate surface area is 253 Å². The minimum atomic E-state index is -1.46. The molecule has 2 N–H and O–H groups in total. The lowest BCUT2D eigenvalue weighted by atomic mass is 10.0. The van der Waals surface area contributed by atoms with E-state index in [0.29, 0.717) is 27.2 Å². The Morgan fingerprint density at radius 2 is 1.84 bits per heavy atom. The first-order valence-corrected chi connectivity index (χ1v) is 14.8. The first-order chi connectivity index (χ1) is 20.3. The molecule has 1 unspecified atom stereocenters. The van der Waals surface area contributed by atoms with Crippen molar-refractivity contribution in [2.75, 3.05) is 6.61 Å². The number of aliphatic hydroxyl groups excluding tert-OH is 1. The average molecular weight is 612 g/mol. The second-order valence-electron chi connectivity index (χ2n) is 11.0. The molecule has 0 saturated carbocycles. The summed E-state index contributed by atoms with van der Waals surface area (Å²) in [4.78, 5) is 42.8. The molecule has 0 fully saturated rings. The molecule has 0 radical (unpaired) electrons. The molecule has 1 amide bonds. The van der Waals surface area contributed by atoms with Crippen LogP contribution in [0, 0.1) is 30.0 Å². The van der Waals surface area contributed by atoms with Gasteiger partial charge in [-0.1, -0.05) is 24.3 Å². The monoisotopic (exact) mass is 611 g/mol. The molecule has 43 heavy (non-hydrogen) atoms. The number of benzene rings is 1. The van der Waals surface area contributed by atoms with Crippen LogP contribution in [0.3, 0.4) is 0 Å². The third kappa shape index (κ3) is 7.09. The van der Waals surface area contributed by atoms with Crippen LogP contribution in [0.2, 0.25) is 0 Å². The van der Waals surface area contributed by atoms with Gasteiger partial charge in [-0.15, -0.1) is 4.80 Å². The molecule has 0 aliphatic heterocycles. The van der Waals surface area contributed by atoms with Gasteiger partial charge >= 0.3 is 5.69 Å². The number of carbonyl (C=O) groups is 1. The Morgan fingerprint density at radius 1 is 1.19 bits per heavy atom. The second kappa shape index (κ2) is 13.9. The van der Waals surface area contributed by atoms with E-state index in [1.165, 1.54) is 45.2 Å². The molecule has 13 heteroatoms. The summed E-state index contributed by atoms with van der Waals surface area (Å²) < 4.78 is 16.6. The van der Waals surface area contributed by atoms with Gasteiger partial charge in [-0.25, -0.2) is 13.8 Å². The van der Waals surface area contributed by atoms with E-state index in [4.69, 9.17) is 10.4 Å². The van der Waals surface area contributed by atoms with Crippen LogP contribution >= 0.6 is 11.3 Å². The van der Waals surface area contributed by atoms with Gasteiger partial charge in [0.15, 0.2) is 0 Å². The molecule has 230 valence electrons. The Kier molecular flexibility index (Phi) is 10.8. The molecule has 3 heterocycles. The van der Waals surface area contributed by atoms with E-state index in [2.05, 4.69) is 15.5 Å². The number of aromatic nitrogens is 5. The van der Waals surface area contributed by atoms with E-state index in [-0.39, 0.29) is 30.9 Å². The van der Waals surface area contributed by atoms with E-state index in [9.17, 15) is 18.8 Å². The lowest BCUT2D eigenvalue weighted by Gasteiger charge is -2.27. The normalized spacial score (nSPS) is 12.1. The topological polar surface area (TPSA) is 148 Å². The van der Waals surface area contributed by atoms with Crippen LogP contribution in [-0.4, -0.2) is 47.8 Å². The SMILES string of the molecule is CC(C#N)CO.CCc1ccc(F)cc1CCn1c(=O)n(C(C)(C)C(=O)NC(C)C)c(=O)c2c(C)c(-n3nccn3)sc21. The number of carbonyl (C=O) groups excluding carboxylic acids is 1. The molecule has 0 spiro atoms. The number of nitrogens with zero attached hydrogens (tertiary/aromatic N) is 6. The zero-order valence-corrected chi connectivity index (χ0v) is 26.3. The van der Waals surface area contributed by atoms with Gasteiger partial charge in [-0.05, 0) is 77.6 Å². The van der Waals surface area contributed by atoms with Crippen molar-refractivity contribution >= 4 is 27.5 Å². The van der Waals surface area contributed by atoms with Crippen molar-refractivity contribution in [3.63, 3.8) is 0 Å². The summed E-state index contributed by atoms with van der Waals surface area (Å²) in [6.07, 6.45) is 4.16. The van der Waals surface area contributed by atoms with Gasteiger partial charge in [0.25, 0.3) is 5.56 Å². The molecule has 0 aliphatic carbocycles. The van der Waals surface area contributed by atoms with Crippen molar-refractivity contribution in [1.82, 2.24) is 29.4 Å². The summed E-state index contributed by atoms with van der Waals surface area (Å²) in [5.41, 5.74) is -0.215. The standard InChI is InChI=1S/C26H31FN6O3S.C4H7NO/c1-7-17-8-9-19(27)14-18(17)10-13-31-23-20(16(4)22(37-23)33-28-11-12-29-33)21(34)32(25(31)36)26(5,6)24(35)30-15(2)3;1-4(2-5)3-6/h8-9,11-12,14-15H,7,10,13H2,1-6H3,(H,30,35);4,6H,3H2,1H3. The van der Waals surface area contributed by atoms with Crippen molar-refractivity contribution in [2.45, 2.75) is 79.4 Å². The number of fused-ring (bicyclic) bond motifs is 1. The Balaban J connectivity index is 0.000000765. The number of thiophene rings is 1.